The zero-order valence-corrected chi connectivity index (χ0v) is 19.1. The van der Waals surface area contributed by atoms with Crippen LogP contribution >= 0.6 is 34.8 Å². The number of urea groups is 1. The molecule has 2 rings (SSSR count). The topological polar surface area (TPSA) is 83.0 Å². The second-order valence-electron chi connectivity index (χ2n) is 6.87. The van der Waals surface area contributed by atoms with Crippen molar-refractivity contribution in [3.05, 3.63) is 57.5 Å². The average Bonchev–Trinajstić information content (AvgIpc) is 2.68. The molecule has 2 aromatic carbocycles. The Bertz CT molecular complexity index is 980. The molecule has 3 amide bonds. The number of anilines is 2. The number of halogens is 3. The molecule has 30 heavy (non-hydrogen) atoms. The highest BCUT2D eigenvalue weighted by Gasteiger charge is 2.31. The zero-order valence-electron chi connectivity index (χ0n) is 16.8. The molecule has 0 aliphatic rings. The number of hydrogen-bond acceptors (Lipinski definition) is 4. The number of carbonyl (C=O) groups is 2. The molecule has 0 saturated carbocycles. The standard InChI is InChI=1S/C20H21Cl3N4O3/c1-12(26-30-19(29)25-15-8-9-16(22)17(23)11-15)20(2,3)27(4)18(28)24-14-7-5-6-13(21)10-14/h5-11H,1-4H3,(H,24,28)(H,25,29). The van der Waals surface area contributed by atoms with E-state index >= 15 is 0 Å². The summed E-state index contributed by atoms with van der Waals surface area (Å²) >= 11 is 17.7. The molecule has 10 heteroatoms. The van der Waals surface area contributed by atoms with Crippen molar-refractivity contribution < 1.29 is 14.4 Å². The Morgan fingerprint density at radius 3 is 2.30 bits per heavy atom. The van der Waals surface area contributed by atoms with Crippen LogP contribution in [0, 0.1) is 0 Å². The lowest BCUT2D eigenvalue weighted by atomic mass is 9.98. The van der Waals surface area contributed by atoms with E-state index in [0.29, 0.717) is 32.2 Å². The minimum absolute atomic E-state index is 0.294. The van der Waals surface area contributed by atoms with Gasteiger partial charge in [0.05, 0.1) is 21.3 Å². The van der Waals surface area contributed by atoms with E-state index in [2.05, 4.69) is 15.8 Å². The van der Waals surface area contributed by atoms with Crippen LogP contribution in [0.15, 0.2) is 47.6 Å². The highest BCUT2D eigenvalue weighted by molar-refractivity contribution is 6.42. The molecule has 160 valence electrons. The quantitative estimate of drug-likeness (QED) is 0.296. The van der Waals surface area contributed by atoms with Crippen LogP contribution in [0.25, 0.3) is 0 Å². The van der Waals surface area contributed by atoms with Gasteiger partial charge in [-0.1, -0.05) is 46.0 Å². The van der Waals surface area contributed by atoms with Crippen LogP contribution in [-0.4, -0.2) is 35.3 Å². The van der Waals surface area contributed by atoms with Gasteiger partial charge in [-0.15, -0.1) is 0 Å². The van der Waals surface area contributed by atoms with Crippen LogP contribution in [0.4, 0.5) is 21.0 Å². The average molecular weight is 472 g/mol. The number of nitrogens with zero attached hydrogens (tertiary/aromatic N) is 2. The van der Waals surface area contributed by atoms with Crippen molar-refractivity contribution in [3.8, 4) is 0 Å². The molecule has 0 bridgehead atoms. The van der Waals surface area contributed by atoms with Gasteiger partial charge in [0.15, 0.2) is 0 Å². The Hall–Kier alpha value is -2.48. The molecule has 2 N–H and O–H groups in total. The predicted octanol–water partition coefficient (Wildman–Crippen LogP) is 6.51. The van der Waals surface area contributed by atoms with Crippen LogP contribution < -0.4 is 10.6 Å². The van der Waals surface area contributed by atoms with Gasteiger partial charge >= 0.3 is 12.1 Å². The second kappa shape index (κ2) is 10.0. The van der Waals surface area contributed by atoms with E-state index in [4.69, 9.17) is 39.6 Å². The van der Waals surface area contributed by atoms with Crippen molar-refractivity contribution in [1.82, 2.24) is 4.90 Å². The maximum atomic E-state index is 12.6. The van der Waals surface area contributed by atoms with Gasteiger partial charge in [0, 0.05) is 23.4 Å². The maximum absolute atomic E-state index is 12.6. The predicted molar refractivity (Wildman–Crippen MR) is 122 cm³/mol. The molecule has 0 spiro atoms. The SMILES string of the molecule is CC(=NOC(=O)Nc1ccc(Cl)c(Cl)c1)C(C)(C)N(C)C(=O)Nc1cccc(Cl)c1. The Labute approximate surface area is 189 Å². The Morgan fingerprint density at radius 2 is 1.67 bits per heavy atom. The maximum Gasteiger partial charge on any atom is 0.437 e. The summed E-state index contributed by atoms with van der Waals surface area (Å²) in [7, 11) is 1.61. The summed E-state index contributed by atoms with van der Waals surface area (Å²) < 4.78 is 0. The van der Waals surface area contributed by atoms with Crippen molar-refractivity contribution in [2.45, 2.75) is 26.3 Å². The molecule has 0 radical (unpaired) electrons. The van der Waals surface area contributed by atoms with Gasteiger partial charge < -0.3 is 10.2 Å². The summed E-state index contributed by atoms with van der Waals surface area (Å²) in [5, 5.41) is 10.3. The summed E-state index contributed by atoms with van der Waals surface area (Å²) in [5.74, 6) is 0. The van der Waals surface area contributed by atoms with Crippen LogP contribution in [0.5, 0.6) is 0 Å². The lowest BCUT2D eigenvalue weighted by molar-refractivity contribution is 0.162. The smallest absolute Gasteiger partial charge is 0.317 e. The lowest BCUT2D eigenvalue weighted by Crippen LogP contribution is -2.51. The van der Waals surface area contributed by atoms with E-state index < -0.39 is 11.6 Å². The fourth-order valence-electron chi connectivity index (χ4n) is 2.21. The van der Waals surface area contributed by atoms with Crippen LogP contribution in [0.3, 0.4) is 0 Å². The van der Waals surface area contributed by atoms with Crippen LogP contribution in [0.2, 0.25) is 15.1 Å². The van der Waals surface area contributed by atoms with Crippen LogP contribution in [-0.2, 0) is 4.84 Å². The summed E-state index contributed by atoms with van der Waals surface area (Å²) in [5.41, 5.74) is 0.504. The Balaban J connectivity index is 2.00. The lowest BCUT2D eigenvalue weighted by Gasteiger charge is -2.35. The molecule has 2 aromatic rings. The molecule has 0 unspecified atom stereocenters. The molecule has 0 fully saturated rings. The number of benzene rings is 2. The number of rotatable bonds is 5. The third-order valence-electron chi connectivity index (χ3n) is 4.54. The number of nitrogens with one attached hydrogen (secondary N) is 2. The molecule has 0 aliphatic heterocycles. The fourth-order valence-corrected chi connectivity index (χ4v) is 2.69. The first-order chi connectivity index (χ1) is 14.0. The third kappa shape index (κ3) is 6.26. The molecule has 0 aliphatic carbocycles. The van der Waals surface area contributed by atoms with Gasteiger partial charge in [0.1, 0.15) is 0 Å². The second-order valence-corrected chi connectivity index (χ2v) is 8.12. The van der Waals surface area contributed by atoms with Crippen LogP contribution in [0.1, 0.15) is 20.8 Å². The van der Waals surface area contributed by atoms with Crippen molar-refractivity contribution in [1.29, 1.82) is 0 Å². The van der Waals surface area contributed by atoms with Gasteiger partial charge in [0.25, 0.3) is 0 Å². The summed E-state index contributed by atoms with van der Waals surface area (Å²) in [6, 6.07) is 11.0. The third-order valence-corrected chi connectivity index (χ3v) is 5.51. The van der Waals surface area contributed by atoms with E-state index in [1.807, 2.05) is 0 Å². The van der Waals surface area contributed by atoms with Gasteiger partial charge in [0.2, 0.25) is 0 Å². The van der Waals surface area contributed by atoms with E-state index in [9.17, 15) is 9.59 Å². The highest BCUT2D eigenvalue weighted by Crippen LogP contribution is 2.25. The molecular formula is C20H21Cl3N4O3. The highest BCUT2D eigenvalue weighted by atomic mass is 35.5. The molecule has 0 saturated heterocycles. The number of hydrogen-bond donors (Lipinski definition) is 2. The van der Waals surface area contributed by atoms with Gasteiger partial charge in [-0.25, -0.2) is 9.59 Å². The minimum Gasteiger partial charge on any atom is -0.317 e. The molecule has 0 heterocycles. The van der Waals surface area contributed by atoms with Gasteiger partial charge in [-0.05, 0) is 57.2 Å². The van der Waals surface area contributed by atoms with E-state index in [1.165, 1.54) is 11.0 Å². The Kier molecular flexibility index (Phi) is 7.95. The monoisotopic (exact) mass is 470 g/mol. The molecular weight excluding hydrogens is 451 g/mol. The summed E-state index contributed by atoms with van der Waals surface area (Å²) in [6.07, 6.45) is -0.811. The van der Waals surface area contributed by atoms with E-state index in [1.54, 1.807) is 64.2 Å². The minimum atomic E-state index is -0.855. The van der Waals surface area contributed by atoms with Gasteiger partial charge in [-0.3, -0.25) is 10.2 Å². The fraction of sp³-hybridized carbons (Fsp3) is 0.250. The largest absolute Gasteiger partial charge is 0.437 e. The molecule has 0 aromatic heterocycles. The first-order valence-corrected chi connectivity index (χ1v) is 9.92. The van der Waals surface area contributed by atoms with Crippen molar-refractivity contribution in [2.24, 2.45) is 5.16 Å². The number of carbonyl (C=O) groups excluding carboxylic acids is 2. The van der Waals surface area contributed by atoms with Gasteiger partial charge in [-0.2, -0.15) is 0 Å². The van der Waals surface area contributed by atoms with Crippen molar-refractivity contribution >= 4 is 64.0 Å². The Morgan fingerprint density at radius 1 is 1.00 bits per heavy atom. The molecule has 0 atom stereocenters. The van der Waals surface area contributed by atoms with Crippen molar-refractivity contribution in [3.63, 3.8) is 0 Å². The number of oxime groups is 1. The van der Waals surface area contributed by atoms with E-state index in [0.717, 1.165) is 0 Å². The molecule has 7 nitrogen and oxygen atoms in total. The van der Waals surface area contributed by atoms with Crippen molar-refractivity contribution in [2.75, 3.05) is 17.7 Å². The number of amides is 3. The summed E-state index contributed by atoms with van der Waals surface area (Å²) in [6.45, 7) is 5.18. The first-order valence-electron chi connectivity index (χ1n) is 8.79. The summed E-state index contributed by atoms with van der Waals surface area (Å²) in [4.78, 5) is 30.9. The zero-order chi connectivity index (χ0) is 22.5. The normalized spacial score (nSPS) is 11.6. The van der Waals surface area contributed by atoms with E-state index in [-0.39, 0.29) is 6.03 Å². The first kappa shape index (κ1) is 23.8.